The first kappa shape index (κ1) is 17.6. The number of hydrogen-bond donors (Lipinski definition) is 2. The van der Waals surface area contributed by atoms with Crippen LogP contribution in [0.2, 0.25) is 0 Å². The number of carboxylic acid groups (broad SMARTS) is 1. The van der Waals surface area contributed by atoms with E-state index in [1.54, 1.807) is 17.9 Å². The highest BCUT2D eigenvalue weighted by Gasteiger charge is 2.35. The summed E-state index contributed by atoms with van der Waals surface area (Å²) in [4.78, 5) is 40.8. The van der Waals surface area contributed by atoms with Crippen LogP contribution in [0.3, 0.4) is 0 Å². The van der Waals surface area contributed by atoms with Gasteiger partial charge in [-0.2, -0.15) is 5.10 Å². The molecule has 2 unspecified atom stereocenters. The van der Waals surface area contributed by atoms with Crippen LogP contribution in [-0.2, 0) is 11.8 Å². The van der Waals surface area contributed by atoms with Gasteiger partial charge in [0.25, 0.3) is 11.8 Å². The van der Waals surface area contributed by atoms with Crippen LogP contribution in [0.4, 0.5) is 0 Å². The summed E-state index contributed by atoms with van der Waals surface area (Å²) in [5.41, 5.74) is 6.40. The van der Waals surface area contributed by atoms with E-state index in [2.05, 4.69) is 10.1 Å². The molecule has 3 heterocycles. The van der Waals surface area contributed by atoms with Gasteiger partial charge < -0.3 is 15.7 Å². The minimum atomic E-state index is -0.932. The Kier molecular flexibility index (Phi) is 4.70. The predicted molar refractivity (Wildman–Crippen MR) is 90.4 cm³/mol. The number of carboxylic acids is 1. The van der Waals surface area contributed by atoms with Crippen molar-refractivity contribution in [2.24, 2.45) is 18.7 Å². The standard InChI is InChI=1S/C17H19N5O4/c1-21-7-13(6-20-21)11-4-12(17(25)26)9-22(8-11)16(24)10-2-3-14(15(18)23)19-5-10/h2-3,5-7,11-12H,4,8-9H2,1H3,(H2,18,23)(H,25,26). The highest BCUT2D eigenvalue weighted by molar-refractivity contribution is 5.96. The second-order valence-electron chi connectivity index (χ2n) is 6.42. The number of carbonyl (C=O) groups is 3. The SMILES string of the molecule is Cn1cc(C2CC(C(=O)O)CN(C(=O)c3ccc(C(N)=O)nc3)C2)cn1. The lowest BCUT2D eigenvalue weighted by atomic mass is 9.85. The van der Waals surface area contributed by atoms with E-state index in [0.717, 1.165) is 5.56 Å². The number of pyridine rings is 1. The Hall–Kier alpha value is -3.23. The second kappa shape index (κ2) is 6.95. The lowest BCUT2D eigenvalue weighted by Crippen LogP contribution is -2.45. The molecule has 9 nitrogen and oxygen atoms in total. The second-order valence-corrected chi connectivity index (χ2v) is 6.42. The summed E-state index contributed by atoms with van der Waals surface area (Å²) in [5.74, 6) is -2.70. The molecule has 0 bridgehead atoms. The molecule has 2 aromatic rings. The average molecular weight is 357 g/mol. The summed E-state index contributed by atoms with van der Waals surface area (Å²) in [6.45, 7) is 0.522. The molecular formula is C17H19N5O4. The lowest BCUT2D eigenvalue weighted by molar-refractivity contribution is -0.143. The van der Waals surface area contributed by atoms with Gasteiger partial charge in [0.1, 0.15) is 5.69 Å². The van der Waals surface area contributed by atoms with E-state index < -0.39 is 17.8 Å². The van der Waals surface area contributed by atoms with Crippen molar-refractivity contribution in [3.8, 4) is 0 Å². The molecule has 2 aromatic heterocycles. The van der Waals surface area contributed by atoms with Crippen LogP contribution in [0.5, 0.6) is 0 Å². The minimum absolute atomic E-state index is 0.0665. The van der Waals surface area contributed by atoms with Crippen molar-refractivity contribution in [1.29, 1.82) is 0 Å². The van der Waals surface area contributed by atoms with Crippen molar-refractivity contribution in [3.63, 3.8) is 0 Å². The number of aromatic nitrogens is 3. The molecule has 3 N–H and O–H groups in total. The molecule has 1 aliphatic heterocycles. The van der Waals surface area contributed by atoms with Gasteiger partial charge in [-0.25, -0.2) is 0 Å². The van der Waals surface area contributed by atoms with Crippen molar-refractivity contribution < 1.29 is 19.5 Å². The van der Waals surface area contributed by atoms with Gasteiger partial charge in [-0.1, -0.05) is 0 Å². The molecule has 2 atom stereocenters. The number of amides is 2. The normalized spacial score (nSPS) is 20.0. The van der Waals surface area contributed by atoms with Crippen LogP contribution < -0.4 is 5.73 Å². The molecule has 0 saturated carbocycles. The topological polar surface area (TPSA) is 131 Å². The van der Waals surface area contributed by atoms with Crippen LogP contribution in [0.15, 0.2) is 30.7 Å². The van der Waals surface area contributed by atoms with Crippen LogP contribution in [0.1, 0.15) is 38.7 Å². The molecule has 0 aliphatic carbocycles. The first-order chi connectivity index (χ1) is 12.3. The van der Waals surface area contributed by atoms with E-state index in [1.807, 2.05) is 6.20 Å². The Labute approximate surface area is 149 Å². The fourth-order valence-electron chi connectivity index (χ4n) is 3.18. The molecular weight excluding hydrogens is 338 g/mol. The van der Waals surface area contributed by atoms with Gasteiger partial charge in [0.05, 0.1) is 17.7 Å². The van der Waals surface area contributed by atoms with Gasteiger partial charge in [-0.05, 0) is 24.1 Å². The zero-order valence-electron chi connectivity index (χ0n) is 14.2. The van der Waals surface area contributed by atoms with Gasteiger partial charge in [0, 0.05) is 38.4 Å². The van der Waals surface area contributed by atoms with E-state index in [9.17, 15) is 19.5 Å². The fourth-order valence-corrected chi connectivity index (χ4v) is 3.18. The highest BCUT2D eigenvalue weighted by atomic mass is 16.4. The summed E-state index contributed by atoms with van der Waals surface area (Å²) in [6, 6.07) is 2.85. The van der Waals surface area contributed by atoms with Gasteiger partial charge >= 0.3 is 5.97 Å². The predicted octanol–water partition coefficient (Wildman–Crippen LogP) is 0.245. The number of piperidine rings is 1. The van der Waals surface area contributed by atoms with E-state index in [0.29, 0.717) is 13.0 Å². The van der Waals surface area contributed by atoms with Gasteiger partial charge in [0.2, 0.25) is 0 Å². The van der Waals surface area contributed by atoms with Crippen molar-refractivity contribution in [2.75, 3.05) is 13.1 Å². The number of primary amides is 1. The maximum absolute atomic E-state index is 12.8. The number of likely N-dealkylation sites (tertiary alicyclic amines) is 1. The average Bonchev–Trinajstić information content (AvgIpc) is 3.07. The fraction of sp³-hybridized carbons (Fsp3) is 0.353. The molecule has 0 aromatic carbocycles. The van der Waals surface area contributed by atoms with E-state index in [1.165, 1.54) is 23.2 Å². The summed E-state index contributed by atoms with van der Waals surface area (Å²) in [7, 11) is 1.79. The minimum Gasteiger partial charge on any atom is -0.481 e. The quantitative estimate of drug-likeness (QED) is 0.806. The Morgan fingerprint density at radius 3 is 2.54 bits per heavy atom. The van der Waals surface area contributed by atoms with Crippen molar-refractivity contribution in [3.05, 3.63) is 47.5 Å². The van der Waals surface area contributed by atoms with Crippen LogP contribution in [0.25, 0.3) is 0 Å². The summed E-state index contributed by atoms with van der Waals surface area (Å²) in [5, 5.41) is 13.6. The zero-order chi connectivity index (χ0) is 18.8. The maximum atomic E-state index is 12.8. The van der Waals surface area contributed by atoms with Crippen LogP contribution in [-0.4, -0.2) is 55.6 Å². The molecule has 26 heavy (non-hydrogen) atoms. The van der Waals surface area contributed by atoms with Crippen LogP contribution in [0, 0.1) is 5.92 Å². The molecule has 1 aliphatic rings. The number of aryl methyl sites for hydroxylation is 1. The Morgan fingerprint density at radius 1 is 1.23 bits per heavy atom. The Bertz CT molecular complexity index is 845. The van der Waals surface area contributed by atoms with Crippen LogP contribution >= 0.6 is 0 Å². The Morgan fingerprint density at radius 2 is 2.00 bits per heavy atom. The molecule has 3 rings (SSSR count). The third kappa shape index (κ3) is 3.56. The van der Waals surface area contributed by atoms with Gasteiger partial charge in [-0.3, -0.25) is 24.0 Å². The monoisotopic (exact) mass is 357 g/mol. The number of hydrogen-bond acceptors (Lipinski definition) is 5. The summed E-state index contributed by atoms with van der Waals surface area (Å²) >= 11 is 0. The van der Waals surface area contributed by atoms with E-state index >= 15 is 0 Å². The number of carbonyl (C=O) groups excluding carboxylic acids is 2. The Balaban J connectivity index is 1.83. The number of aliphatic carboxylic acids is 1. The highest BCUT2D eigenvalue weighted by Crippen LogP contribution is 2.31. The molecule has 9 heteroatoms. The lowest BCUT2D eigenvalue weighted by Gasteiger charge is -2.36. The molecule has 1 saturated heterocycles. The van der Waals surface area contributed by atoms with Gasteiger partial charge in [0.15, 0.2) is 0 Å². The summed E-state index contributed by atoms with van der Waals surface area (Å²) < 4.78 is 1.65. The number of rotatable bonds is 4. The smallest absolute Gasteiger partial charge is 0.308 e. The molecule has 0 spiro atoms. The third-order valence-electron chi connectivity index (χ3n) is 4.55. The van der Waals surface area contributed by atoms with Crippen molar-refractivity contribution >= 4 is 17.8 Å². The van der Waals surface area contributed by atoms with E-state index in [-0.39, 0.29) is 29.6 Å². The number of nitrogens with zero attached hydrogens (tertiary/aromatic N) is 4. The molecule has 0 radical (unpaired) electrons. The third-order valence-corrected chi connectivity index (χ3v) is 4.55. The van der Waals surface area contributed by atoms with Gasteiger partial charge in [-0.15, -0.1) is 0 Å². The van der Waals surface area contributed by atoms with Crippen molar-refractivity contribution in [1.82, 2.24) is 19.7 Å². The molecule has 136 valence electrons. The first-order valence-electron chi connectivity index (χ1n) is 8.11. The van der Waals surface area contributed by atoms with Crippen molar-refractivity contribution in [2.45, 2.75) is 12.3 Å². The summed E-state index contributed by atoms with van der Waals surface area (Å²) in [6.07, 6.45) is 5.26. The number of nitrogens with two attached hydrogens (primary N) is 1. The molecule has 2 amide bonds. The zero-order valence-corrected chi connectivity index (χ0v) is 14.2. The first-order valence-corrected chi connectivity index (χ1v) is 8.11. The largest absolute Gasteiger partial charge is 0.481 e. The van der Waals surface area contributed by atoms with E-state index in [4.69, 9.17) is 5.73 Å². The maximum Gasteiger partial charge on any atom is 0.308 e. The molecule has 1 fully saturated rings.